The van der Waals surface area contributed by atoms with E-state index in [1.54, 1.807) is 7.11 Å². The summed E-state index contributed by atoms with van der Waals surface area (Å²) in [6.45, 7) is 2.25. The molecule has 0 fully saturated rings. The zero-order valence-corrected chi connectivity index (χ0v) is 10.5. The Morgan fingerprint density at radius 2 is 1.33 bits per heavy atom. The molecule has 2 heteroatoms. The third kappa shape index (κ3) is 11.4. The van der Waals surface area contributed by atoms with Crippen LogP contribution in [0.15, 0.2) is 0 Å². The molecular formula is C13H27NO. The smallest absolute Gasteiger partial charge is 0.180 e. The molecule has 90 valence electrons. The molecule has 0 saturated heterocycles. The number of unbranched alkanes of at least 4 members (excludes halogenated alkanes) is 8. The van der Waals surface area contributed by atoms with Crippen molar-refractivity contribution in [3.63, 3.8) is 0 Å². The first-order valence-corrected chi connectivity index (χ1v) is 6.42. The zero-order chi connectivity index (χ0) is 11.4. The zero-order valence-electron chi connectivity index (χ0n) is 10.5. The van der Waals surface area contributed by atoms with E-state index in [0.29, 0.717) is 5.90 Å². The molecule has 15 heavy (non-hydrogen) atoms. The average Bonchev–Trinajstić information content (AvgIpc) is 2.26. The summed E-state index contributed by atoms with van der Waals surface area (Å²) in [4.78, 5) is 0. The van der Waals surface area contributed by atoms with Gasteiger partial charge in [0.2, 0.25) is 0 Å². The first-order chi connectivity index (χ1) is 7.31. The summed E-state index contributed by atoms with van der Waals surface area (Å²) in [6, 6.07) is 0. The van der Waals surface area contributed by atoms with Crippen molar-refractivity contribution in [3.8, 4) is 0 Å². The second kappa shape index (κ2) is 11.5. The van der Waals surface area contributed by atoms with Crippen LogP contribution in [0.25, 0.3) is 0 Å². The summed E-state index contributed by atoms with van der Waals surface area (Å²) in [6.07, 6.45) is 12.8. The summed E-state index contributed by atoms with van der Waals surface area (Å²) in [5.74, 6) is 0.429. The lowest BCUT2D eigenvalue weighted by atomic mass is 10.1. The van der Waals surface area contributed by atoms with E-state index in [2.05, 4.69) is 6.92 Å². The largest absolute Gasteiger partial charge is 0.484 e. The molecular weight excluding hydrogens is 186 g/mol. The summed E-state index contributed by atoms with van der Waals surface area (Å²) in [7, 11) is 1.58. The Morgan fingerprint density at radius 3 is 1.80 bits per heavy atom. The molecule has 0 bridgehead atoms. The first-order valence-electron chi connectivity index (χ1n) is 6.42. The van der Waals surface area contributed by atoms with Crippen molar-refractivity contribution in [3.05, 3.63) is 0 Å². The summed E-state index contributed by atoms with van der Waals surface area (Å²) in [5.41, 5.74) is 0. The fourth-order valence-electron chi connectivity index (χ4n) is 1.70. The molecule has 2 nitrogen and oxygen atoms in total. The number of methoxy groups -OCH3 is 1. The molecule has 0 radical (unpaired) electrons. The molecule has 0 aromatic heterocycles. The Bertz CT molecular complexity index is 145. The van der Waals surface area contributed by atoms with Gasteiger partial charge in [0.15, 0.2) is 5.90 Å². The van der Waals surface area contributed by atoms with Crippen LogP contribution < -0.4 is 0 Å². The van der Waals surface area contributed by atoms with Crippen LogP contribution in [-0.2, 0) is 4.74 Å². The quantitative estimate of drug-likeness (QED) is 0.323. The standard InChI is InChI=1S/C13H27NO/c1-3-4-5-6-7-8-9-10-11-12-13(14)15-2/h14H,3-12H2,1-2H3. The highest BCUT2D eigenvalue weighted by Gasteiger charge is 1.95. The van der Waals surface area contributed by atoms with Crippen LogP contribution in [0.4, 0.5) is 0 Å². The van der Waals surface area contributed by atoms with E-state index in [1.165, 1.54) is 51.4 Å². The monoisotopic (exact) mass is 213 g/mol. The van der Waals surface area contributed by atoms with E-state index in [9.17, 15) is 0 Å². The maximum atomic E-state index is 7.31. The Hall–Kier alpha value is -0.530. The van der Waals surface area contributed by atoms with E-state index < -0.39 is 0 Å². The lowest BCUT2D eigenvalue weighted by Gasteiger charge is -2.02. The van der Waals surface area contributed by atoms with Crippen LogP contribution in [-0.4, -0.2) is 13.0 Å². The van der Waals surface area contributed by atoms with Crippen molar-refractivity contribution in [2.75, 3.05) is 7.11 Å². The van der Waals surface area contributed by atoms with Gasteiger partial charge in [-0.25, -0.2) is 0 Å². The lowest BCUT2D eigenvalue weighted by molar-refractivity contribution is 0.382. The van der Waals surface area contributed by atoms with Crippen LogP contribution in [0, 0.1) is 5.41 Å². The third-order valence-corrected chi connectivity index (χ3v) is 2.75. The number of nitrogens with one attached hydrogen (secondary N) is 1. The van der Waals surface area contributed by atoms with Gasteiger partial charge in [0, 0.05) is 6.42 Å². The van der Waals surface area contributed by atoms with E-state index in [0.717, 1.165) is 12.8 Å². The Morgan fingerprint density at radius 1 is 0.867 bits per heavy atom. The highest BCUT2D eigenvalue weighted by atomic mass is 16.5. The molecule has 0 heterocycles. The van der Waals surface area contributed by atoms with E-state index in [-0.39, 0.29) is 0 Å². The van der Waals surface area contributed by atoms with Gasteiger partial charge in [-0.1, -0.05) is 58.3 Å². The lowest BCUT2D eigenvalue weighted by Crippen LogP contribution is -1.97. The van der Waals surface area contributed by atoms with Crippen molar-refractivity contribution in [2.45, 2.75) is 71.1 Å². The van der Waals surface area contributed by atoms with E-state index in [4.69, 9.17) is 10.1 Å². The van der Waals surface area contributed by atoms with Gasteiger partial charge in [-0.05, 0) is 6.42 Å². The fourth-order valence-corrected chi connectivity index (χ4v) is 1.70. The van der Waals surface area contributed by atoms with Crippen LogP contribution in [0.5, 0.6) is 0 Å². The van der Waals surface area contributed by atoms with Gasteiger partial charge in [0.1, 0.15) is 0 Å². The fraction of sp³-hybridized carbons (Fsp3) is 0.923. The van der Waals surface area contributed by atoms with Crippen LogP contribution in [0.1, 0.15) is 71.1 Å². The molecule has 0 aromatic carbocycles. The van der Waals surface area contributed by atoms with Crippen molar-refractivity contribution < 1.29 is 4.74 Å². The summed E-state index contributed by atoms with van der Waals surface area (Å²) in [5, 5.41) is 7.31. The Kier molecular flexibility index (Phi) is 11.1. The van der Waals surface area contributed by atoms with Crippen LogP contribution >= 0.6 is 0 Å². The molecule has 0 amide bonds. The number of hydrogen-bond donors (Lipinski definition) is 1. The minimum atomic E-state index is 0.429. The molecule has 0 spiro atoms. The molecule has 0 aromatic rings. The average molecular weight is 213 g/mol. The minimum absolute atomic E-state index is 0.429. The van der Waals surface area contributed by atoms with Crippen LogP contribution in [0.3, 0.4) is 0 Å². The highest BCUT2D eigenvalue weighted by Crippen LogP contribution is 2.10. The van der Waals surface area contributed by atoms with Gasteiger partial charge in [-0.2, -0.15) is 0 Å². The van der Waals surface area contributed by atoms with E-state index >= 15 is 0 Å². The maximum absolute atomic E-state index is 7.31. The van der Waals surface area contributed by atoms with Crippen molar-refractivity contribution in [2.24, 2.45) is 0 Å². The van der Waals surface area contributed by atoms with E-state index in [1.807, 2.05) is 0 Å². The molecule has 0 rings (SSSR count). The summed E-state index contributed by atoms with van der Waals surface area (Å²) >= 11 is 0. The second-order valence-electron chi connectivity index (χ2n) is 4.21. The maximum Gasteiger partial charge on any atom is 0.180 e. The molecule has 0 aliphatic rings. The van der Waals surface area contributed by atoms with Gasteiger partial charge in [-0.3, -0.25) is 5.41 Å². The molecule has 0 aliphatic heterocycles. The molecule has 0 atom stereocenters. The van der Waals surface area contributed by atoms with Crippen molar-refractivity contribution in [1.29, 1.82) is 5.41 Å². The van der Waals surface area contributed by atoms with Gasteiger partial charge in [-0.15, -0.1) is 0 Å². The highest BCUT2D eigenvalue weighted by molar-refractivity contribution is 5.72. The molecule has 0 saturated carbocycles. The van der Waals surface area contributed by atoms with Gasteiger partial charge in [0.05, 0.1) is 7.11 Å². The first kappa shape index (κ1) is 14.5. The Labute approximate surface area is 94.9 Å². The van der Waals surface area contributed by atoms with Crippen LogP contribution in [0.2, 0.25) is 0 Å². The SMILES string of the molecule is CCCCCCCCCCCC(=N)OC. The normalized spacial score (nSPS) is 10.3. The van der Waals surface area contributed by atoms with Gasteiger partial charge >= 0.3 is 0 Å². The number of ether oxygens (including phenoxy) is 1. The number of hydrogen-bond acceptors (Lipinski definition) is 2. The Balaban J connectivity index is 2.95. The van der Waals surface area contributed by atoms with Crippen molar-refractivity contribution in [1.82, 2.24) is 0 Å². The predicted octanol–water partition coefficient (Wildman–Crippen LogP) is 4.53. The summed E-state index contributed by atoms with van der Waals surface area (Å²) < 4.78 is 4.81. The topological polar surface area (TPSA) is 33.1 Å². The molecule has 0 unspecified atom stereocenters. The minimum Gasteiger partial charge on any atom is -0.484 e. The number of rotatable bonds is 10. The van der Waals surface area contributed by atoms with Crippen molar-refractivity contribution >= 4 is 5.90 Å². The molecule has 1 N–H and O–H groups in total. The van der Waals surface area contributed by atoms with Gasteiger partial charge < -0.3 is 4.74 Å². The third-order valence-electron chi connectivity index (χ3n) is 2.75. The van der Waals surface area contributed by atoms with Gasteiger partial charge in [0.25, 0.3) is 0 Å². The predicted molar refractivity (Wildman–Crippen MR) is 66.6 cm³/mol. The second-order valence-corrected chi connectivity index (χ2v) is 4.21. The molecule has 0 aliphatic carbocycles.